The molecule has 1 heterocycles. The zero-order valence-corrected chi connectivity index (χ0v) is 13.0. The smallest absolute Gasteiger partial charge is 0.293 e. The van der Waals surface area contributed by atoms with E-state index in [1.807, 2.05) is 0 Å². The van der Waals surface area contributed by atoms with Gasteiger partial charge in [-0.15, -0.1) is 0 Å². The molecule has 0 aliphatic heterocycles. The molecule has 112 valence electrons. The van der Waals surface area contributed by atoms with E-state index >= 15 is 0 Å². The van der Waals surface area contributed by atoms with Crippen molar-refractivity contribution in [2.24, 2.45) is 5.92 Å². The molecule has 0 bridgehead atoms. The van der Waals surface area contributed by atoms with Crippen LogP contribution >= 0.6 is 0 Å². The summed E-state index contributed by atoms with van der Waals surface area (Å²) >= 11 is 0. The van der Waals surface area contributed by atoms with Crippen LogP contribution in [0.1, 0.15) is 33.1 Å². The van der Waals surface area contributed by atoms with Crippen molar-refractivity contribution in [1.29, 1.82) is 0 Å². The number of rotatable bonds is 6. The second-order valence-electron chi connectivity index (χ2n) is 6.45. The van der Waals surface area contributed by atoms with Crippen molar-refractivity contribution in [1.82, 2.24) is 14.5 Å². The van der Waals surface area contributed by atoms with Crippen LogP contribution < -0.4 is 10.9 Å². The van der Waals surface area contributed by atoms with Crippen molar-refractivity contribution < 1.29 is 0 Å². The summed E-state index contributed by atoms with van der Waals surface area (Å²) in [6, 6.07) is 0. The van der Waals surface area contributed by atoms with E-state index in [4.69, 9.17) is 0 Å². The van der Waals surface area contributed by atoms with E-state index in [0.717, 1.165) is 13.1 Å². The first-order chi connectivity index (χ1) is 9.44. The molecule has 1 saturated carbocycles. The van der Waals surface area contributed by atoms with Gasteiger partial charge in [0.05, 0.1) is 0 Å². The number of likely N-dealkylation sites (N-methyl/N-ethyl adjacent to an activating group) is 1. The van der Waals surface area contributed by atoms with Crippen LogP contribution in [0.5, 0.6) is 0 Å². The fraction of sp³-hybridized carbons (Fsp3) is 0.733. The van der Waals surface area contributed by atoms with E-state index in [-0.39, 0.29) is 11.1 Å². The highest BCUT2D eigenvalue weighted by molar-refractivity contribution is 5.32. The van der Waals surface area contributed by atoms with Crippen LogP contribution in [0.15, 0.2) is 17.2 Å². The first-order valence-corrected chi connectivity index (χ1v) is 7.41. The Labute approximate surface area is 121 Å². The normalized spacial score (nSPS) is 17.3. The number of anilines is 1. The highest BCUT2D eigenvalue weighted by Crippen LogP contribution is 2.35. The maximum absolute atomic E-state index is 12.3. The van der Waals surface area contributed by atoms with Gasteiger partial charge in [0.1, 0.15) is 0 Å². The van der Waals surface area contributed by atoms with Gasteiger partial charge in [-0.2, -0.15) is 0 Å². The summed E-state index contributed by atoms with van der Waals surface area (Å²) in [5, 5.41) is 3.26. The molecule has 5 heteroatoms. The zero-order valence-electron chi connectivity index (χ0n) is 13.0. The van der Waals surface area contributed by atoms with Crippen molar-refractivity contribution in [3.8, 4) is 0 Å². The van der Waals surface area contributed by atoms with Crippen LogP contribution in [0.25, 0.3) is 0 Å². The van der Waals surface area contributed by atoms with Crippen LogP contribution in [0.3, 0.4) is 0 Å². The van der Waals surface area contributed by atoms with Gasteiger partial charge in [-0.05, 0) is 39.3 Å². The number of aromatic nitrogens is 2. The molecule has 0 atom stereocenters. The lowest BCUT2D eigenvalue weighted by atomic mass is 9.75. The molecular weight excluding hydrogens is 252 g/mol. The molecule has 1 aromatic heterocycles. The average Bonchev–Trinajstić information content (AvgIpc) is 2.31. The second kappa shape index (κ2) is 5.95. The van der Waals surface area contributed by atoms with Crippen LogP contribution in [-0.4, -0.2) is 40.6 Å². The van der Waals surface area contributed by atoms with Gasteiger partial charge in [-0.3, -0.25) is 4.79 Å². The van der Waals surface area contributed by atoms with Crippen LogP contribution in [-0.2, 0) is 6.54 Å². The van der Waals surface area contributed by atoms with Crippen molar-refractivity contribution in [3.63, 3.8) is 0 Å². The summed E-state index contributed by atoms with van der Waals surface area (Å²) in [6.07, 6.45) is 7.09. The standard InChI is InChI=1S/C15H26N4O/c1-12(2)10-19-9-8-16-13(14(19)20)17-11-15(18(3)4)6-5-7-15/h8-9,12H,5-7,10-11H2,1-4H3,(H,16,17). The first-order valence-electron chi connectivity index (χ1n) is 7.41. The SMILES string of the molecule is CC(C)Cn1ccnc(NCC2(N(C)C)CCC2)c1=O. The summed E-state index contributed by atoms with van der Waals surface area (Å²) in [6.45, 7) is 5.73. The molecule has 20 heavy (non-hydrogen) atoms. The van der Waals surface area contributed by atoms with Crippen LogP contribution in [0.2, 0.25) is 0 Å². The summed E-state index contributed by atoms with van der Waals surface area (Å²) < 4.78 is 1.74. The highest BCUT2D eigenvalue weighted by atomic mass is 16.1. The fourth-order valence-electron chi connectivity index (χ4n) is 2.72. The minimum absolute atomic E-state index is 0.0190. The molecule has 1 aliphatic rings. The van der Waals surface area contributed by atoms with Gasteiger partial charge >= 0.3 is 0 Å². The summed E-state index contributed by atoms with van der Waals surface area (Å²) in [7, 11) is 4.21. The molecule has 1 aliphatic carbocycles. The highest BCUT2D eigenvalue weighted by Gasteiger charge is 2.38. The van der Waals surface area contributed by atoms with Crippen LogP contribution in [0, 0.1) is 5.92 Å². The first kappa shape index (κ1) is 15.0. The van der Waals surface area contributed by atoms with Gasteiger partial charge in [0.25, 0.3) is 5.56 Å². The molecule has 0 unspecified atom stereocenters. The fourth-order valence-corrected chi connectivity index (χ4v) is 2.72. The Morgan fingerprint density at radius 2 is 2.15 bits per heavy atom. The lowest BCUT2D eigenvalue weighted by Gasteiger charge is -2.47. The number of hydrogen-bond donors (Lipinski definition) is 1. The zero-order chi connectivity index (χ0) is 14.8. The minimum atomic E-state index is -0.0190. The van der Waals surface area contributed by atoms with Crippen molar-refractivity contribution in [2.45, 2.75) is 45.2 Å². The Morgan fingerprint density at radius 3 is 2.65 bits per heavy atom. The number of nitrogens with one attached hydrogen (secondary N) is 1. The van der Waals surface area contributed by atoms with Gasteiger partial charge in [0.15, 0.2) is 5.82 Å². The third-order valence-corrected chi connectivity index (χ3v) is 4.29. The molecule has 1 aromatic rings. The minimum Gasteiger partial charge on any atom is -0.364 e. The third kappa shape index (κ3) is 3.03. The van der Waals surface area contributed by atoms with Gasteiger partial charge in [-0.1, -0.05) is 13.8 Å². The van der Waals surface area contributed by atoms with Gasteiger partial charge < -0.3 is 14.8 Å². The summed E-state index contributed by atoms with van der Waals surface area (Å²) in [5.41, 5.74) is 0.168. The number of hydrogen-bond acceptors (Lipinski definition) is 4. The Kier molecular flexibility index (Phi) is 4.48. The van der Waals surface area contributed by atoms with Gasteiger partial charge in [-0.25, -0.2) is 4.98 Å². The Morgan fingerprint density at radius 1 is 1.45 bits per heavy atom. The number of nitrogens with zero attached hydrogens (tertiary/aromatic N) is 3. The van der Waals surface area contributed by atoms with Gasteiger partial charge in [0.2, 0.25) is 0 Å². The maximum atomic E-state index is 12.3. The molecule has 1 N–H and O–H groups in total. The molecule has 2 rings (SSSR count). The lowest BCUT2D eigenvalue weighted by Crippen LogP contribution is -2.55. The molecule has 1 fully saturated rings. The predicted octanol–water partition coefficient (Wildman–Crippen LogP) is 1.80. The van der Waals surface area contributed by atoms with E-state index in [0.29, 0.717) is 11.7 Å². The maximum Gasteiger partial charge on any atom is 0.293 e. The molecular formula is C15H26N4O. The topological polar surface area (TPSA) is 50.2 Å². The predicted molar refractivity (Wildman–Crippen MR) is 82.1 cm³/mol. The van der Waals surface area contributed by atoms with E-state index < -0.39 is 0 Å². The Hall–Kier alpha value is -1.36. The van der Waals surface area contributed by atoms with Crippen molar-refractivity contribution >= 4 is 5.82 Å². The summed E-state index contributed by atoms with van der Waals surface area (Å²) in [5.74, 6) is 0.920. The molecule has 0 aromatic carbocycles. The molecule has 0 saturated heterocycles. The third-order valence-electron chi connectivity index (χ3n) is 4.29. The van der Waals surface area contributed by atoms with Crippen molar-refractivity contribution in [3.05, 3.63) is 22.7 Å². The Bertz CT molecular complexity index is 503. The lowest BCUT2D eigenvalue weighted by molar-refractivity contribution is 0.0738. The quantitative estimate of drug-likeness (QED) is 0.862. The van der Waals surface area contributed by atoms with E-state index in [1.165, 1.54) is 19.3 Å². The summed E-state index contributed by atoms with van der Waals surface area (Å²) in [4.78, 5) is 18.8. The average molecular weight is 278 g/mol. The van der Waals surface area contributed by atoms with E-state index in [1.54, 1.807) is 17.0 Å². The Balaban J connectivity index is 2.08. The van der Waals surface area contributed by atoms with Crippen molar-refractivity contribution in [2.75, 3.05) is 26.0 Å². The van der Waals surface area contributed by atoms with E-state index in [9.17, 15) is 4.79 Å². The molecule has 5 nitrogen and oxygen atoms in total. The van der Waals surface area contributed by atoms with Crippen LogP contribution in [0.4, 0.5) is 5.82 Å². The van der Waals surface area contributed by atoms with Gasteiger partial charge in [0, 0.05) is 31.0 Å². The largest absolute Gasteiger partial charge is 0.364 e. The molecule has 0 radical (unpaired) electrons. The molecule has 0 amide bonds. The molecule has 0 spiro atoms. The second-order valence-corrected chi connectivity index (χ2v) is 6.45. The monoisotopic (exact) mass is 278 g/mol. The van der Waals surface area contributed by atoms with E-state index in [2.05, 4.69) is 43.1 Å².